The average Bonchev–Trinajstić information content (AvgIpc) is 3.08. The lowest BCUT2D eigenvalue weighted by Crippen LogP contribution is -2.35. The van der Waals surface area contributed by atoms with Crippen molar-refractivity contribution >= 4 is 34.8 Å². The summed E-state index contributed by atoms with van der Waals surface area (Å²) in [5.41, 5.74) is 0.617. The number of thiophene rings is 1. The van der Waals surface area contributed by atoms with Gasteiger partial charge in [0.15, 0.2) is 6.10 Å². The number of para-hydroxylation sites is 1. The second kappa shape index (κ2) is 8.09. The molecule has 6 nitrogen and oxygen atoms in total. The maximum absolute atomic E-state index is 11.9. The highest BCUT2D eigenvalue weighted by Crippen LogP contribution is 2.08. The minimum Gasteiger partial charge on any atom is -0.451 e. The predicted octanol–water partition coefficient (Wildman–Crippen LogP) is 2.05. The fourth-order valence-corrected chi connectivity index (χ4v) is 2.35. The van der Waals surface area contributed by atoms with E-state index in [0.717, 1.165) is 0 Å². The van der Waals surface area contributed by atoms with Crippen LogP contribution in [-0.4, -0.2) is 30.4 Å². The second-order valence-electron chi connectivity index (χ2n) is 4.65. The highest BCUT2D eigenvalue weighted by atomic mass is 32.1. The van der Waals surface area contributed by atoms with Gasteiger partial charge in [0.1, 0.15) is 6.54 Å². The molecule has 1 aromatic heterocycles. The molecule has 23 heavy (non-hydrogen) atoms. The Kier molecular flexibility index (Phi) is 5.87. The third kappa shape index (κ3) is 5.23. The van der Waals surface area contributed by atoms with Crippen molar-refractivity contribution in [3.8, 4) is 0 Å². The van der Waals surface area contributed by atoms with E-state index in [4.69, 9.17) is 4.74 Å². The summed E-state index contributed by atoms with van der Waals surface area (Å²) in [6.45, 7) is 1.18. The molecule has 0 spiro atoms. The summed E-state index contributed by atoms with van der Waals surface area (Å²) in [5.74, 6) is -1.46. The third-order valence-corrected chi connectivity index (χ3v) is 3.73. The van der Waals surface area contributed by atoms with Crippen LogP contribution in [0.4, 0.5) is 5.69 Å². The van der Waals surface area contributed by atoms with Crippen molar-refractivity contribution in [2.45, 2.75) is 13.0 Å². The van der Waals surface area contributed by atoms with Crippen LogP contribution in [0.5, 0.6) is 0 Å². The van der Waals surface area contributed by atoms with E-state index < -0.39 is 18.0 Å². The topological polar surface area (TPSA) is 84.5 Å². The number of hydrogen-bond donors (Lipinski definition) is 2. The number of esters is 1. The van der Waals surface area contributed by atoms with Gasteiger partial charge in [-0.05, 0) is 30.5 Å². The minimum atomic E-state index is -0.957. The van der Waals surface area contributed by atoms with Gasteiger partial charge >= 0.3 is 5.97 Å². The predicted molar refractivity (Wildman–Crippen MR) is 87.3 cm³/mol. The lowest BCUT2D eigenvalue weighted by molar-refractivity contribution is -0.152. The summed E-state index contributed by atoms with van der Waals surface area (Å²) in [6, 6.07) is 12.3. The molecule has 1 atom stereocenters. The molecule has 2 N–H and O–H groups in total. The molecular formula is C16H16N2O4S. The second-order valence-corrected chi connectivity index (χ2v) is 5.60. The first-order valence-electron chi connectivity index (χ1n) is 6.93. The van der Waals surface area contributed by atoms with Gasteiger partial charge in [-0.1, -0.05) is 24.3 Å². The zero-order valence-corrected chi connectivity index (χ0v) is 13.3. The zero-order valence-electron chi connectivity index (χ0n) is 12.4. The highest BCUT2D eigenvalue weighted by molar-refractivity contribution is 7.12. The van der Waals surface area contributed by atoms with Gasteiger partial charge in [-0.25, -0.2) is 0 Å². The molecule has 0 radical (unpaired) electrons. The van der Waals surface area contributed by atoms with Gasteiger partial charge in [0.25, 0.3) is 11.8 Å². The maximum Gasteiger partial charge on any atom is 0.326 e. The summed E-state index contributed by atoms with van der Waals surface area (Å²) in [7, 11) is 0. The van der Waals surface area contributed by atoms with Crippen molar-refractivity contribution in [2.24, 2.45) is 0 Å². The SMILES string of the molecule is C[C@@H](OC(=O)CNC(=O)c1cccs1)C(=O)Nc1ccccc1. The van der Waals surface area contributed by atoms with Crippen LogP contribution in [0.15, 0.2) is 47.8 Å². The average molecular weight is 332 g/mol. The Morgan fingerprint density at radius 2 is 1.87 bits per heavy atom. The number of rotatable bonds is 6. The number of carbonyl (C=O) groups excluding carboxylic acids is 3. The zero-order chi connectivity index (χ0) is 16.7. The summed E-state index contributed by atoms with van der Waals surface area (Å²) in [5, 5.41) is 6.84. The van der Waals surface area contributed by atoms with Gasteiger partial charge in [0, 0.05) is 5.69 Å². The molecule has 0 fully saturated rings. The molecule has 0 bridgehead atoms. The Labute approximate surface area is 137 Å². The van der Waals surface area contributed by atoms with Crippen LogP contribution in [0.3, 0.4) is 0 Å². The van der Waals surface area contributed by atoms with Crippen LogP contribution in [0.25, 0.3) is 0 Å². The van der Waals surface area contributed by atoms with E-state index in [1.807, 2.05) is 6.07 Å². The molecule has 1 heterocycles. The van der Waals surface area contributed by atoms with Gasteiger partial charge < -0.3 is 15.4 Å². The summed E-state index contributed by atoms with van der Waals surface area (Å²) in [4.78, 5) is 35.8. The first-order valence-corrected chi connectivity index (χ1v) is 7.81. The van der Waals surface area contributed by atoms with E-state index in [1.165, 1.54) is 18.3 Å². The Balaban J connectivity index is 1.75. The van der Waals surface area contributed by atoms with Crippen molar-refractivity contribution in [3.05, 3.63) is 52.7 Å². The van der Waals surface area contributed by atoms with E-state index in [0.29, 0.717) is 10.6 Å². The fraction of sp³-hybridized carbons (Fsp3) is 0.188. The molecule has 1 aromatic carbocycles. The quantitative estimate of drug-likeness (QED) is 0.793. The van der Waals surface area contributed by atoms with Crippen LogP contribution in [0, 0.1) is 0 Å². The number of carbonyl (C=O) groups is 3. The number of ether oxygens (including phenoxy) is 1. The summed E-state index contributed by atoms with van der Waals surface area (Å²) in [6.07, 6.45) is -0.957. The van der Waals surface area contributed by atoms with Gasteiger partial charge in [0.05, 0.1) is 4.88 Å². The van der Waals surface area contributed by atoms with Crippen LogP contribution in [-0.2, 0) is 14.3 Å². The number of benzene rings is 1. The van der Waals surface area contributed by atoms with Crippen LogP contribution in [0.1, 0.15) is 16.6 Å². The lowest BCUT2D eigenvalue weighted by Gasteiger charge is -2.13. The third-order valence-electron chi connectivity index (χ3n) is 2.86. The molecule has 0 aliphatic carbocycles. The molecule has 0 saturated heterocycles. The van der Waals surface area contributed by atoms with Gasteiger partial charge in [-0.15, -0.1) is 11.3 Å². The molecule has 0 saturated carbocycles. The van der Waals surface area contributed by atoms with Crippen molar-refractivity contribution in [1.82, 2.24) is 5.32 Å². The molecule has 0 aliphatic rings. The van der Waals surface area contributed by atoms with Crippen LogP contribution in [0.2, 0.25) is 0 Å². The maximum atomic E-state index is 11.9. The summed E-state index contributed by atoms with van der Waals surface area (Å²) >= 11 is 1.27. The monoisotopic (exact) mass is 332 g/mol. The number of amides is 2. The first-order chi connectivity index (χ1) is 11.1. The smallest absolute Gasteiger partial charge is 0.326 e. The van der Waals surface area contributed by atoms with Crippen molar-refractivity contribution < 1.29 is 19.1 Å². The van der Waals surface area contributed by atoms with Crippen molar-refractivity contribution in [1.29, 1.82) is 0 Å². The molecule has 2 aromatic rings. The van der Waals surface area contributed by atoms with Crippen LogP contribution >= 0.6 is 11.3 Å². The molecule has 2 rings (SSSR count). The number of nitrogens with one attached hydrogen (secondary N) is 2. The van der Waals surface area contributed by atoms with Gasteiger partial charge in [-0.2, -0.15) is 0 Å². The Hall–Kier alpha value is -2.67. The summed E-state index contributed by atoms with van der Waals surface area (Å²) < 4.78 is 4.99. The minimum absolute atomic E-state index is 0.292. The molecule has 7 heteroatoms. The largest absolute Gasteiger partial charge is 0.451 e. The number of anilines is 1. The normalized spacial score (nSPS) is 11.3. The molecule has 120 valence electrons. The molecular weight excluding hydrogens is 316 g/mol. The van der Waals surface area contributed by atoms with Gasteiger partial charge in [-0.3, -0.25) is 14.4 Å². The van der Waals surface area contributed by atoms with Crippen molar-refractivity contribution in [3.63, 3.8) is 0 Å². The molecule has 2 amide bonds. The Bertz CT molecular complexity index is 671. The van der Waals surface area contributed by atoms with Crippen molar-refractivity contribution in [2.75, 3.05) is 11.9 Å². The first kappa shape index (κ1) is 16.7. The Morgan fingerprint density at radius 1 is 1.13 bits per heavy atom. The van der Waals surface area contributed by atoms with E-state index >= 15 is 0 Å². The standard InChI is InChI=1S/C16H16N2O4S/c1-11(15(20)18-12-6-3-2-4-7-12)22-14(19)10-17-16(21)13-8-5-9-23-13/h2-9,11H,10H2,1H3,(H,17,21)(H,18,20)/t11-/m1/s1. The van der Waals surface area contributed by atoms with E-state index in [9.17, 15) is 14.4 Å². The lowest BCUT2D eigenvalue weighted by atomic mass is 10.3. The van der Waals surface area contributed by atoms with Gasteiger partial charge in [0.2, 0.25) is 0 Å². The molecule has 0 aliphatic heterocycles. The van der Waals surface area contributed by atoms with E-state index in [2.05, 4.69) is 10.6 Å². The Morgan fingerprint density at radius 3 is 2.52 bits per heavy atom. The molecule has 0 unspecified atom stereocenters. The highest BCUT2D eigenvalue weighted by Gasteiger charge is 2.18. The van der Waals surface area contributed by atoms with E-state index in [-0.39, 0.29) is 12.5 Å². The fourth-order valence-electron chi connectivity index (χ4n) is 1.71. The number of hydrogen-bond acceptors (Lipinski definition) is 5. The van der Waals surface area contributed by atoms with Crippen LogP contribution < -0.4 is 10.6 Å². The van der Waals surface area contributed by atoms with E-state index in [1.54, 1.807) is 41.8 Å².